The Labute approximate surface area is 154 Å². The average molecular weight is 367 g/mol. The van der Waals surface area contributed by atoms with Gasteiger partial charge in [-0.05, 0) is 36.8 Å². The van der Waals surface area contributed by atoms with Gasteiger partial charge in [-0.25, -0.2) is 0 Å². The number of allylic oxidation sites excluding steroid dienone is 1. The smallest absolute Gasteiger partial charge is 0.173 e. The number of hydrogen-bond donors (Lipinski definition) is 1. The monoisotopic (exact) mass is 366 g/mol. The molecule has 2 nitrogen and oxygen atoms in total. The largest absolute Gasteiger partial charge is 0.410 e. The van der Waals surface area contributed by atoms with Crippen molar-refractivity contribution in [3.05, 3.63) is 77.9 Å². The summed E-state index contributed by atoms with van der Waals surface area (Å²) in [5.41, 5.74) is 4.63. The van der Waals surface area contributed by atoms with Gasteiger partial charge in [0.05, 0.1) is 5.71 Å². The van der Waals surface area contributed by atoms with Crippen LogP contribution in [0.3, 0.4) is 0 Å². The van der Waals surface area contributed by atoms with Gasteiger partial charge >= 0.3 is 0 Å². The van der Waals surface area contributed by atoms with Gasteiger partial charge in [0.25, 0.3) is 0 Å². The SMILES string of the molecule is C[Si](C)(C)/N=C(/C=C(N[Si](C)(C)C)c1ccccc1)c1ccccc1. The molecule has 0 aliphatic heterocycles. The molecule has 0 atom stereocenters. The Bertz CT molecular complexity index is 737. The summed E-state index contributed by atoms with van der Waals surface area (Å²) in [6.07, 6.45) is 2.24. The lowest BCUT2D eigenvalue weighted by atomic mass is 10.1. The van der Waals surface area contributed by atoms with Crippen molar-refractivity contribution in [2.75, 3.05) is 0 Å². The third kappa shape index (κ3) is 6.84. The quantitative estimate of drug-likeness (QED) is 0.509. The Kier molecular flexibility index (Phi) is 6.19. The van der Waals surface area contributed by atoms with E-state index < -0.39 is 16.5 Å². The van der Waals surface area contributed by atoms with E-state index in [1.54, 1.807) is 0 Å². The summed E-state index contributed by atoms with van der Waals surface area (Å²) in [6, 6.07) is 21.1. The summed E-state index contributed by atoms with van der Waals surface area (Å²) in [4.78, 5) is 3.79. The molecule has 4 heteroatoms. The standard InChI is InChI=1S/C21H30N2Si2/c1-24(2,3)22-20(18-13-9-7-10-14-18)17-21(23-25(4,5)6)19-15-11-8-12-16-19/h7-17,22H,1-6H3/b20-17?,23-21-. The fourth-order valence-electron chi connectivity index (χ4n) is 2.50. The molecule has 0 aliphatic rings. The average Bonchev–Trinajstić information content (AvgIpc) is 2.53. The van der Waals surface area contributed by atoms with Crippen LogP contribution in [0, 0.1) is 0 Å². The number of benzene rings is 2. The van der Waals surface area contributed by atoms with Crippen LogP contribution < -0.4 is 4.98 Å². The summed E-state index contributed by atoms with van der Waals surface area (Å²) >= 11 is 0. The number of nitrogens with zero attached hydrogens (tertiary/aromatic N) is 1. The van der Waals surface area contributed by atoms with Gasteiger partial charge in [0, 0.05) is 5.70 Å². The first-order valence-electron chi connectivity index (χ1n) is 8.85. The molecule has 0 spiro atoms. The topological polar surface area (TPSA) is 24.4 Å². The number of hydrogen-bond acceptors (Lipinski definition) is 2. The summed E-state index contributed by atoms with van der Waals surface area (Å²) in [5, 5.41) is 0. The van der Waals surface area contributed by atoms with Gasteiger partial charge in [-0.3, -0.25) is 0 Å². The van der Waals surface area contributed by atoms with Crippen LogP contribution in [0.4, 0.5) is 0 Å². The van der Waals surface area contributed by atoms with Gasteiger partial charge in [0.15, 0.2) is 8.24 Å². The molecule has 0 unspecified atom stereocenters. The fourth-order valence-corrected chi connectivity index (χ4v) is 4.44. The first kappa shape index (κ1) is 19.4. The molecular weight excluding hydrogens is 336 g/mol. The van der Waals surface area contributed by atoms with E-state index in [4.69, 9.17) is 4.66 Å². The normalized spacial score (nSPS) is 13.7. The minimum absolute atomic E-state index is 1.07. The minimum Gasteiger partial charge on any atom is -0.410 e. The Morgan fingerprint density at radius 3 is 1.68 bits per heavy atom. The lowest BCUT2D eigenvalue weighted by molar-refractivity contribution is 1.27. The molecule has 0 bridgehead atoms. The van der Waals surface area contributed by atoms with Crippen molar-refractivity contribution in [3.63, 3.8) is 0 Å². The lowest BCUT2D eigenvalue weighted by Crippen LogP contribution is -2.40. The van der Waals surface area contributed by atoms with Crippen LogP contribution in [0.2, 0.25) is 39.3 Å². The fraction of sp³-hybridized carbons (Fsp3) is 0.286. The maximum atomic E-state index is 5.13. The Hall–Kier alpha value is -1.92. The maximum absolute atomic E-state index is 5.13. The molecule has 0 fully saturated rings. The van der Waals surface area contributed by atoms with Gasteiger partial charge in [-0.15, -0.1) is 0 Å². The predicted molar refractivity (Wildman–Crippen MR) is 117 cm³/mol. The van der Waals surface area contributed by atoms with E-state index in [9.17, 15) is 0 Å². The van der Waals surface area contributed by atoms with Gasteiger partial charge in [-0.1, -0.05) is 80.3 Å². The number of rotatable bonds is 6. The van der Waals surface area contributed by atoms with E-state index in [1.165, 1.54) is 16.8 Å². The molecule has 1 N–H and O–H groups in total. The van der Waals surface area contributed by atoms with Crippen molar-refractivity contribution in [1.29, 1.82) is 0 Å². The van der Waals surface area contributed by atoms with Crippen LogP contribution in [-0.4, -0.2) is 22.2 Å². The Balaban J connectivity index is 2.57. The first-order chi connectivity index (χ1) is 11.6. The molecule has 0 aliphatic carbocycles. The Morgan fingerprint density at radius 1 is 0.760 bits per heavy atom. The van der Waals surface area contributed by atoms with Crippen molar-refractivity contribution in [3.8, 4) is 0 Å². The second kappa shape index (κ2) is 7.98. The maximum Gasteiger partial charge on any atom is 0.173 e. The number of nitrogens with one attached hydrogen (secondary N) is 1. The molecule has 0 saturated carbocycles. The van der Waals surface area contributed by atoms with Gasteiger partial charge in [0.2, 0.25) is 0 Å². The van der Waals surface area contributed by atoms with Crippen LogP contribution in [0.1, 0.15) is 11.1 Å². The lowest BCUT2D eigenvalue weighted by Gasteiger charge is -2.23. The van der Waals surface area contributed by atoms with Crippen molar-refractivity contribution in [2.24, 2.45) is 4.66 Å². The van der Waals surface area contributed by atoms with Crippen LogP contribution in [0.5, 0.6) is 0 Å². The Morgan fingerprint density at radius 2 is 1.24 bits per heavy atom. The molecule has 0 aromatic heterocycles. The first-order valence-corrected chi connectivity index (χ1v) is 15.8. The van der Waals surface area contributed by atoms with Gasteiger partial charge < -0.3 is 9.64 Å². The minimum atomic E-state index is -1.60. The molecule has 2 rings (SSSR count). The van der Waals surface area contributed by atoms with E-state index in [1.807, 2.05) is 0 Å². The second-order valence-corrected chi connectivity index (χ2v) is 17.6. The predicted octanol–water partition coefficient (Wildman–Crippen LogP) is 5.78. The highest BCUT2D eigenvalue weighted by Crippen LogP contribution is 2.18. The third-order valence-electron chi connectivity index (χ3n) is 3.40. The van der Waals surface area contributed by atoms with Gasteiger partial charge in [0.1, 0.15) is 8.24 Å². The zero-order valence-corrected chi connectivity index (χ0v) is 18.3. The highest BCUT2D eigenvalue weighted by Gasteiger charge is 2.18. The molecule has 0 heterocycles. The van der Waals surface area contributed by atoms with Crippen LogP contribution >= 0.6 is 0 Å². The van der Waals surface area contributed by atoms with Crippen molar-refractivity contribution in [1.82, 2.24) is 4.98 Å². The zero-order chi connectivity index (χ0) is 18.5. The molecule has 132 valence electrons. The highest BCUT2D eigenvalue weighted by atomic mass is 28.3. The molecule has 25 heavy (non-hydrogen) atoms. The summed E-state index contributed by atoms with van der Waals surface area (Å²) in [7, 11) is -3.09. The second-order valence-electron chi connectivity index (χ2n) is 8.33. The summed E-state index contributed by atoms with van der Waals surface area (Å²) in [5.74, 6) is 0. The molecule has 2 aromatic carbocycles. The summed E-state index contributed by atoms with van der Waals surface area (Å²) < 4.78 is 5.13. The van der Waals surface area contributed by atoms with Crippen LogP contribution in [0.15, 0.2) is 71.4 Å². The molecule has 2 aromatic rings. The molecular formula is C21H30N2Si2. The van der Waals surface area contributed by atoms with E-state index >= 15 is 0 Å². The highest BCUT2D eigenvalue weighted by molar-refractivity contribution is 6.76. The summed E-state index contributed by atoms with van der Waals surface area (Å²) in [6.45, 7) is 13.8. The van der Waals surface area contributed by atoms with Crippen molar-refractivity contribution >= 4 is 27.9 Å². The molecule has 0 saturated heterocycles. The van der Waals surface area contributed by atoms with E-state index in [0.29, 0.717) is 0 Å². The van der Waals surface area contributed by atoms with E-state index in [-0.39, 0.29) is 0 Å². The van der Waals surface area contributed by atoms with Crippen molar-refractivity contribution in [2.45, 2.75) is 39.3 Å². The molecule has 0 amide bonds. The zero-order valence-electron chi connectivity index (χ0n) is 16.3. The van der Waals surface area contributed by atoms with Gasteiger partial charge in [-0.2, -0.15) is 0 Å². The van der Waals surface area contributed by atoms with Crippen molar-refractivity contribution < 1.29 is 0 Å². The van der Waals surface area contributed by atoms with Crippen LogP contribution in [0.25, 0.3) is 5.70 Å². The van der Waals surface area contributed by atoms with Crippen LogP contribution in [-0.2, 0) is 0 Å². The van der Waals surface area contributed by atoms with E-state index in [0.717, 1.165) is 5.71 Å². The third-order valence-corrected chi connectivity index (χ3v) is 5.33. The molecule has 0 radical (unpaired) electrons. The van der Waals surface area contributed by atoms with E-state index in [2.05, 4.69) is 111 Å².